The Kier molecular flexibility index (Phi) is 4.93. The third-order valence-corrected chi connectivity index (χ3v) is 2.75. The molecule has 1 fully saturated rings. The summed E-state index contributed by atoms with van der Waals surface area (Å²) in [5.41, 5.74) is 0. The van der Waals surface area contributed by atoms with E-state index in [1.807, 2.05) is 0 Å². The van der Waals surface area contributed by atoms with E-state index in [0.717, 1.165) is 19.5 Å². The summed E-state index contributed by atoms with van der Waals surface area (Å²) < 4.78 is 0. The summed E-state index contributed by atoms with van der Waals surface area (Å²) in [5.74, 6) is 0.873. The fraction of sp³-hybridized carbons (Fsp3) is 0.833. The standard InChI is InChI=1S/C12H22N2O2/c1-9(2)6-11(13-10(3)15)7-14-5-4-12(16)8-14/h9,11H,4-8H2,1-3H3,(H,13,15)/t11-/m0/s1. The fourth-order valence-electron chi connectivity index (χ4n) is 2.19. The zero-order chi connectivity index (χ0) is 12.1. The summed E-state index contributed by atoms with van der Waals surface area (Å²) in [6.07, 6.45) is 1.62. The average molecular weight is 226 g/mol. The van der Waals surface area contributed by atoms with Crippen molar-refractivity contribution in [2.75, 3.05) is 19.6 Å². The van der Waals surface area contributed by atoms with Crippen LogP contribution in [0.5, 0.6) is 0 Å². The number of nitrogens with one attached hydrogen (secondary N) is 1. The van der Waals surface area contributed by atoms with Crippen molar-refractivity contribution in [2.45, 2.75) is 39.7 Å². The van der Waals surface area contributed by atoms with Gasteiger partial charge in [-0.15, -0.1) is 0 Å². The number of amides is 1. The lowest BCUT2D eigenvalue weighted by Gasteiger charge is -2.24. The van der Waals surface area contributed by atoms with Crippen LogP contribution in [0, 0.1) is 5.92 Å². The minimum Gasteiger partial charge on any atom is -0.352 e. The van der Waals surface area contributed by atoms with Crippen LogP contribution < -0.4 is 5.32 Å². The molecule has 0 aromatic heterocycles. The molecular weight excluding hydrogens is 204 g/mol. The molecule has 1 amide bonds. The number of likely N-dealkylation sites (tertiary alicyclic amines) is 1. The number of hydrogen-bond acceptors (Lipinski definition) is 3. The van der Waals surface area contributed by atoms with Crippen molar-refractivity contribution in [3.8, 4) is 0 Å². The lowest BCUT2D eigenvalue weighted by Crippen LogP contribution is -2.43. The van der Waals surface area contributed by atoms with Gasteiger partial charge in [-0.3, -0.25) is 14.5 Å². The molecule has 0 unspecified atom stereocenters. The quantitative estimate of drug-likeness (QED) is 0.755. The van der Waals surface area contributed by atoms with E-state index in [-0.39, 0.29) is 11.9 Å². The molecule has 0 aliphatic carbocycles. The highest BCUT2D eigenvalue weighted by atomic mass is 16.1. The molecule has 0 spiro atoms. The van der Waals surface area contributed by atoms with Crippen LogP contribution in [0.15, 0.2) is 0 Å². The van der Waals surface area contributed by atoms with Gasteiger partial charge in [-0.2, -0.15) is 0 Å². The van der Waals surface area contributed by atoms with Gasteiger partial charge in [-0.25, -0.2) is 0 Å². The molecule has 0 saturated carbocycles. The Balaban J connectivity index is 2.42. The molecule has 0 radical (unpaired) electrons. The van der Waals surface area contributed by atoms with Gasteiger partial charge in [0.2, 0.25) is 5.91 Å². The fourth-order valence-corrected chi connectivity index (χ4v) is 2.19. The van der Waals surface area contributed by atoms with Crippen LogP contribution in [0.25, 0.3) is 0 Å². The molecule has 1 rings (SSSR count). The lowest BCUT2D eigenvalue weighted by molar-refractivity contribution is -0.119. The molecule has 0 aromatic rings. The van der Waals surface area contributed by atoms with Gasteiger partial charge in [0.05, 0.1) is 6.54 Å². The van der Waals surface area contributed by atoms with Gasteiger partial charge in [0.25, 0.3) is 0 Å². The van der Waals surface area contributed by atoms with Crippen LogP contribution >= 0.6 is 0 Å². The van der Waals surface area contributed by atoms with E-state index in [9.17, 15) is 9.59 Å². The second-order valence-corrected chi connectivity index (χ2v) is 5.05. The first-order valence-electron chi connectivity index (χ1n) is 5.98. The van der Waals surface area contributed by atoms with E-state index >= 15 is 0 Å². The number of nitrogens with zero attached hydrogens (tertiary/aromatic N) is 1. The van der Waals surface area contributed by atoms with Gasteiger partial charge in [0, 0.05) is 32.5 Å². The molecule has 0 bridgehead atoms. The van der Waals surface area contributed by atoms with E-state index in [1.165, 1.54) is 0 Å². The highest BCUT2D eigenvalue weighted by molar-refractivity contribution is 5.82. The average Bonchev–Trinajstić information content (AvgIpc) is 2.48. The van der Waals surface area contributed by atoms with Crippen molar-refractivity contribution in [3.05, 3.63) is 0 Å². The highest BCUT2D eigenvalue weighted by Gasteiger charge is 2.23. The minimum absolute atomic E-state index is 0.0103. The van der Waals surface area contributed by atoms with Gasteiger partial charge in [-0.1, -0.05) is 13.8 Å². The zero-order valence-corrected chi connectivity index (χ0v) is 10.5. The van der Waals surface area contributed by atoms with Crippen molar-refractivity contribution in [1.82, 2.24) is 10.2 Å². The maximum absolute atomic E-state index is 11.2. The molecule has 1 N–H and O–H groups in total. The predicted molar refractivity (Wildman–Crippen MR) is 63.1 cm³/mol. The third kappa shape index (κ3) is 4.75. The Morgan fingerprint density at radius 2 is 2.19 bits per heavy atom. The third-order valence-electron chi connectivity index (χ3n) is 2.75. The molecule has 4 heteroatoms. The lowest BCUT2D eigenvalue weighted by atomic mass is 10.0. The highest BCUT2D eigenvalue weighted by Crippen LogP contribution is 2.10. The van der Waals surface area contributed by atoms with Gasteiger partial charge >= 0.3 is 0 Å². The number of carbonyl (C=O) groups is 2. The summed E-state index contributed by atoms with van der Waals surface area (Å²) in [6, 6.07) is 0.170. The Morgan fingerprint density at radius 1 is 1.50 bits per heavy atom. The monoisotopic (exact) mass is 226 g/mol. The summed E-state index contributed by atoms with van der Waals surface area (Å²) in [6.45, 7) is 8.01. The van der Waals surface area contributed by atoms with E-state index in [1.54, 1.807) is 6.92 Å². The smallest absolute Gasteiger partial charge is 0.217 e. The minimum atomic E-state index is 0.0103. The van der Waals surface area contributed by atoms with E-state index in [4.69, 9.17) is 0 Å². The summed E-state index contributed by atoms with van der Waals surface area (Å²) >= 11 is 0. The second-order valence-electron chi connectivity index (χ2n) is 5.05. The van der Waals surface area contributed by atoms with Crippen LogP contribution in [0.4, 0.5) is 0 Å². The SMILES string of the molecule is CC(=O)N[C@@H](CC(C)C)CN1CCC(=O)C1. The summed E-state index contributed by atoms with van der Waals surface area (Å²) in [7, 11) is 0. The molecule has 4 nitrogen and oxygen atoms in total. The van der Waals surface area contributed by atoms with E-state index < -0.39 is 0 Å². The molecule has 0 aromatic carbocycles. The molecule has 1 heterocycles. The predicted octanol–water partition coefficient (Wildman–Crippen LogP) is 0.812. The first kappa shape index (κ1) is 13.2. The molecule has 92 valence electrons. The zero-order valence-electron chi connectivity index (χ0n) is 10.5. The van der Waals surface area contributed by atoms with Gasteiger partial charge < -0.3 is 5.32 Å². The largest absolute Gasteiger partial charge is 0.352 e. The number of rotatable bonds is 5. The normalized spacial score (nSPS) is 19.1. The Hall–Kier alpha value is -0.900. The van der Waals surface area contributed by atoms with Crippen LogP contribution in [-0.4, -0.2) is 42.3 Å². The molecule has 1 aliphatic rings. The molecular formula is C12H22N2O2. The number of carbonyl (C=O) groups excluding carboxylic acids is 2. The topological polar surface area (TPSA) is 49.4 Å². The van der Waals surface area contributed by atoms with Gasteiger partial charge in [0.15, 0.2) is 0 Å². The second kappa shape index (κ2) is 5.99. The maximum Gasteiger partial charge on any atom is 0.217 e. The first-order chi connectivity index (χ1) is 7.47. The van der Waals surface area contributed by atoms with Crippen molar-refractivity contribution >= 4 is 11.7 Å². The van der Waals surface area contributed by atoms with Crippen molar-refractivity contribution in [2.24, 2.45) is 5.92 Å². The van der Waals surface area contributed by atoms with Crippen LogP contribution in [0.2, 0.25) is 0 Å². The molecule has 1 atom stereocenters. The van der Waals surface area contributed by atoms with Crippen LogP contribution in [0.3, 0.4) is 0 Å². The van der Waals surface area contributed by atoms with Crippen LogP contribution in [-0.2, 0) is 9.59 Å². The Labute approximate surface area is 97.4 Å². The Morgan fingerprint density at radius 3 is 2.62 bits per heavy atom. The Bertz CT molecular complexity index is 264. The number of ketones is 1. The van der Waals surface area contributed by atoms with Crippen LogP contribution in [0.1, 0.15) is 33.6 Å². The number of hydrogen-bond donors (Lipinski definition) is 1. The van der Waals surface area contributed by atoms with E-state index in [0.29, 0.717) is 24.7 Å². The van der Waals surface area contributed by atoms with Gasteiger partial charge in [0.1, 0.15) is 5.78 Å². The number of Topliss-reactive ketones (excluding diaryl/α,β-unsaturated/α-hetero) is 1. The summed E-state index contributed by atoms with van der Waals surface area (Å²) in [4.78, 5) is 24.4. The van der Waals surface area contributed by atoms with Crippen molar-refractivity contribution in [1.29, 1.82) is 0 Å². The molecule has 1 saturated heterocycles. The first-order valence-corrected chi connectivity index (χ1v) is 5.98. The van der Waals surface area contributed by atoms with Crippen molar-refractivity contribution < 1.29 is 9.59 Å². The molecule has 16 heavy (non-hydrogen) atoms. The molecule has 1 aliphatic heterocycles. The summed E-state index contributed by atoms with van der Waals surface area (Å²) in [5, 5.41) is 2.96. The van der Waals surface area contributed by atoms with Gasteiger partial charge in [-0.05, 0) is 12.3 Å². The maximum atomic E-state index is 11.2. The van der Waals surface area contributed by atoms with E-state index in [2.05, 4.69) is 24.1 Å². The van der Waals surface area contributed by atoms with Crippen molar-refractivity contribution in [3.63, 3.8) is 0 Å².